The minimum absolute atomic E-state index is 0.137. The van der Waals surface area contributed by atoms with Gasteiger partial charge in [0, 0.05) is 37.4 Å². The highest BCUT2D eigenvalue weighted by atomic mass is 32.2. The van der Waals surface area contributed by atoms with E-state index in [-0.39, 0.29) is 17.5 Å². The van der Waals surface area contributed by atoms with Crippen molar-refractivity contribution in [2.75, 3.05) is 30.0 Å². The lowest BCUT2D eigenvalue weighted by molar-refractivity contribution is -0.120. The van der Waals surface area contributed by atoms with E-state index in [4.69, 9.17) is 0 Å². The number of carbonyl (C=O) groups is 2. The smallest absolute Gasteiger partial charge is 0.278 e. The number of anilines is 2. The third-order valence-corrected chi connectivity index (χ3v) is 6.19. The molecule has 1 aliphatic heterocycles. The number of piperidine rings is 1. The molecule has 29 heavy (non-hydrogen) atoms. The van der Waals surface area contributed by atoms with Crippen LogP contribution in [0.25, 0.3) is 0 Å². The fourth-order valence-corrected chi connectivity index (χ4v) is 4.11. The minimum atomic E-state index is -3.25. The number of hydrogen-bond donors (Lipinski definition) is 2. The summed E-state index contributed by atoms with van der Waals surface area (Å²) >= 11 is 0. The first-order valence-electron chi connectivity index (χ1n) is 9.47. The van der Waals surface area contributed by atoms with Crippen molar-refractivity contribution in [3.05, 3.63) is 42.2 Å². The number of aromatic nitrogens is 2. The summed E-state index contributed by atoms with van der Waals surface area (Å²) in [6.45, 7) is 3.06. The summed E-state index contributed by atoms with van der Waals surface area (Å²) in [6.07, 6.45) is 3.67. The number of nitrogens with one attached hydrogen (secondary N) is 2. The maximum Gasteiger partial charge on any atom is 0.278 e. The number of sulfonamides is 1. The predicted octanol–water partition coefficient (Wildman–Crippen LogP) is 1.77. The van der Waals surface area contributed by atoms with Crippen molar-refractivity contribution < 1.29 is 18.0 Å². The molecule has 1 fully saturated rings. The zero-order chi connectivity index (χ0) is 21.0. The highest BCUT2D eigenvalue weighted by Gasteiger charge is 2.30. The van der Waals surface area contributed by atoms with E-state index < -0.39 is 15.9 Å². The van der Waals surface area contributed by atoms with Crippen LogP contribution in [0.4, 0.5) is 11.4 Å². The van der Waals surface area contributed by atoms with Gasteiger partial charge in [-0.2, -0.15) is 5.10 Å². The average Bonchev–Trinajstić information content (AvgIpc) is 3.11. The maximum absolute atomic E-state index is 12.7. The van der Waals surface area contributed by atoms with Crippen LogP contribution in [0.5, 0.6) is 0 Å². The molecule has 3 rings (SSSR count). The van der Waals surface area contributed by atoms with Gasteiger partial charge in [-0.3, -0.25) is 14.3 Å². The first kappa shape index (κ1) is 21.0. The van der Waals surface area contributed by atoms with Crippen molar-refractivity contribution in [1.82, 2.24) is 14.1 Å². The SMILES string of the molecule is CCn1cc(NC(=O)C2CCN(S(C)(=O)=O)CC2)c(C(=O)Nc2ccccc2)n1. The molecule has 2 aromatic rings. The number of para-hydroxylation sites is 1. The number of nitrogens with zero attached hydrogens (tertiary/aromatic N) is 3. The van der Waals surface area contributed by atoms with Crippen LogP contribution in [0.1, 0.15) is 30.3 Å². The lowest BCUT2D eigenvalue weighted by Crippen LogP contribution is -2.41. The molecule has 156 valence electrons. The van der Waals surface area contributed by atoms with Gasteiger partial charge in [0.1, 0.15) is 0 Å². The van der Waals surface area contributed by atoms with Crippen LogP contribution in [0, 0.1) is 5.92 Å². The summed E-state index contributed by atoms with van der Waals surface area (Å²) < 4.78 is 26.2. The third kappa shape index (κ3) is 5.21. The molecular weight excluding hydrogens is 394 g/mol. The molecule has 2 amide bonds. The molecular formula is C19H25N5O4S. The van der Waals surface area contributed by atoms with E-state index >= 15 is 0 Å². The van der Waals surface area contributed by atoms with Crippen LogP contribution in [0.3, 0.4) is 0 Å². The second-order valence-corrected chi connectivity index (χ2v) is 8.98. The molecule has 0 radical (unpaired) electrons. The Kier molecular flexibility index (Phi) is 6.33. The van der Waals surface area contributed by atoms with Crippen LogP contribution < -0.4 is 10.6 Å². The fourth-order valence-electron chi connectivity index (χ4n) is 3.24. The standard InChI is InChI=1S/C19H25N5O4S/c1-3-23-13-16(17(22-23)19(26)20-15-7-5-4-6-8-15)21-18(25)14-9-11-24(12-10-14)29(2,27)28/h4-8,13-14H,3,9-12H2,1-2H3,(H,20,26)(H,21,25). The molecule has 0 atom stereocenters. The van der Waals surface area contributed by atoms with Crippen LogP contribution in [0.15, 0.2) is 36.5 Å². The largest absolute Gasteiger partial charge is 0.323 e. The van der Waals surface area contributed by atoms with Crippen molar-refractivity contribution in [2.24, 2.45) is 5.92 Å². The van der Waals surface area contributed by atoms with Crippen molar-refractivity contribution in [3.63, 3.8) is 0 Å². The normalized spacial score (nSPS) is 15.8. The predicted molar refractivity (Wildman–Crippen MR) is 110 cm³/mol. The Morgan fingerprint density at radius 3 is 2.38 bits per heavy atom. The van der Waals surface area contributed by atoms with E-state index in [1.807, 2.05) is 25.1 Å². The molecule has 1 aromatic heterocycles. The van der Waals surface area contributed by atoms with Gasteiger partial charge in [-0.05, 0) is 31.9 Å². The average molecular weight is 420 g/mol. The minimum Gasteiger partial charge on any atom is -0.323 e. The fraction of sp³-hybridized carbons (Fsp3) is 0.421. The van der Waals surface area contributed by atoms with Crippen molar-refractivity contribution in [2.45, 2.75) is 26.3 Å². The number of rotatable bonds is 6. The van der Waals surface area contributed by atoms with E-state index in [0.29, 0.717) is 43.9 Å². The van der Waals surface area contributed by atoms with E-state index in [1.165, 1.54) is 10.6 Å². The molecule has 0 aliphatic carbocycles. The summed E-state index contributed by atoms with van der Waals surface area (Å²) in [5.74, 6) is -0.962. The number of hydrogen-bond acceptors (Lipinski definition) is 5. The Bertz CT molecular complexity index is 979. The second kappa shape index (κ2) is 8.75. The lowest BCUT2D eigenvalue weighted by Gasteiger charge is -2.29. The second-order valence-electron chi connectivity index (χ2n) is 6.99. The van der Waals surface area contributed by atoms with Gasteiger partial charge in [-0.25, -0.2) is 12.7 Å². The van der Waals surface area contributed by atoms with E-state index in [1.54, 1.807) is 23.0 Å². The van der Waals surface area contributed by atoms with Gasteiger partial charge in [-0.1, -0.05) is 18.2 Å². The molecule has 9 nitrogen and oxygen atoms in total. The molecule has 1 aliphatic rings. The third-order valence-electron chi connectivity index (χ3n) is 4.88. The zero-order valence-electron chi connectivity index (χ0n) is 16.5. The van der Waals surface area contributed by atoms with Gasteiger partial charge < -0.3 is 10.6 Å². The highest BCUT2D eigenvalue weighted by Crippen LogP contribution is 2.23. The molecule has 10 heteroatoms. The zero-order valence-corrected chi connectivity index (χ0v) is 17.3. The van der Waals surface area contributed by atoms with Crippen molar-refractivity contribution in [1.29, 1.82) is 0 Å². The molecule has 1 saturated heterocycles. The first-order valence-corrected chi connectivity index (χ1v) is 11.3. The van der Waals surface area contributed by atoms with Crippen LogP contribution in [0.2, 0.25) is 0 Å². The summed E-state index contributed by atoms with van der Waals surface area (Å²) in [7, 11) is -3.25. The Balaban J connectivity index is 1.70. The van der Waals surface area contributed by atoms with E-state index in [9.17, 15) is 18.0 Å². The molecule has 0 unspecified atom stereocenters. The highest BCUT2D eigenvalue weighted by molar-refractivity contribution is 7.88. The van der Waals surface area contributed by atoms with Crippen LogP contribution in [-0.4, -0.2) is 53.7 Å². The Hall–Kier alpha value is -2.72. The van der Waals surface area contributed by atoms with Gasteiger partial charge in [-0.15, -0.1) is 0 Å². The monoisotopic (exact) mass is 419 g/mol. The van der Waals surface area contributed by atoms with Crippen molar-refractivity contribution in [3.8, 4) is 0 Å². The van der Waals surface area contributed by atoms with Gasteiger partial charge >= 0.3 is 0 Å². The Labute approximate surface area is 170 Å². The summed E-state index contributed by atoms with van der Waals surface area (Å²) in [5.41, 5.74) is 1.11. The topological polar surface area (TPSA) is 113 Å². The molecule has 2 heterocycles. The van der Waals surface area contributed by atoms with Gasteiger partial charge in [0.05, 0.1) is 11.9 Å². The Morgan fingerprint density at radius 1 is 1.14 bits per heavy atom. The molecule has 1 aromatic carbocycles. The summed E-state index contributed by atoms with van der Waals surface area (Å²) in [5, 5.41) is 9.85. The quantitative estimate of drug-likeness (QED) is 0.741. The van der Waals surface area contributed by atoms with E-state index in [2.05, 4.69) is 15.7 Å². The summed E-state index contributed by atoms with van der Waals surface area (Å²) in [6, 6.07) is 9.00. The molecule has 2 N–H and O–H groups in total. The Morgan fingerprint density at radius 2 is 1.79 bits per heavy atom. The van der Waals surface area contributed by atoms with Gasteiger partial charge in [0.25, 0.3) is 5.91 Å². The molecule has 0 saturated carbocycles. The van der Waals surface area contributed by atoms with E-state index in [0.717, 1.165) is 0 Å². The van der Waals surface area contributed by atoms with Crippen LogP contribution in [-0.2, 0) is 21.4 Å². The van der Waals surface area contributed by atoms with Crippen LogP contribution >= 0.6 is 0 Å². The molecule has 0 bridgehead atoms. The maximum atomic E-state index is 12.7. The van der Waals surface area contributed by atoms with Crippen molar-refractivity contribution >= 4 is 33.2 Å². The first-order chi connectivity index (χ1) is 13.8. The van der Waals surface area contributed by atoms with Gasteiger partial charge in [0.15, 0.2) is 5.69 Å². The molecule has 0 spiro atoms. The lowest BCUT2D eigenvalue weighted by atomic mass is 9.97. The number of amides is 2. The van der Waals surface area contributed by atoms with Gasteiger partial charge in [0.2, 0.25) is 15.9 Å². The summed E-state index contributed by atoms with van der Waals surface area (Å²) in [4.78, 5) is 25.4. The number of benzene rings is 1. The number of aryl methyl sites for hydroxylation is 1. The number of carbonyl (C=O) groups excluding carboxylic acids is 2.